The molecule has 0 amide bonds. The zero-order chi connectivity index (χ0) is 17.9. The summed E-state index contributed by atoms with van der Waals surface area (Å²) in [6, 6.07) is 9.35. The van der Waals surface area contributed by atoms with E-state index in [2.05, 4.69) is 0 Å². The summed E-state index contributed by atoms with van der Waals surface area (Å²) >= 11 is 0. The summed E-state index contributed by atoms with van der Waals surface area (Å²) < 4.78 is 36.3. The lowest BCUT2D eigenvalue weighted by Crippen LogP contribution is -2.15. The van der Waals surface area contributed by atoms with Gasteiger partial charge in [-0.3, -0.25) is 4.55 Å². The molecule has 0 unspecified atom stereocenters. The van der Waals surface area contributed by atoms with Crippen LogP contribution in [0, 0.1) is 0 Å². The summed E-state index contributed by atoms with van der Waals surface area (Å²) in [5.74, 6) is -2.22. The van der Waals surface area contributed by atoms with Gasteiger partial charge in [-0.25, -0.2) is 9.59 Å². The minimum Gasteiger partial charge on any atom is -0.478 e. The van der Waals surface area contributed by atoms with E-state index in [4.69, 9.17) is 14.4 Å². The van der Waals surface area contributed by atoms with Gasteiger partial charge in [-0.15, -0.1) is 0 Å². The molecule has 0 bridgehead atoms. The van der Waals surface area contributed by atoms with Crippen molar-refractivity contribution < 1.29 is 32.4 Å². The van der Waals surface area contributed by atoms with E-state index in [1.54, 1.807) is 18.2 Å². The van der Waals surface area contributed by atoms with Crippen molar-refractivity contribution in [2.75, 3.05) is 0 Å². The van der Waals surface area contributed by atoms with Crippen molar-refractivity contribution in [3.63, 3.8) is 0 Å². The van der Waals surface area contributed by atoms with Crippen LogP contribution >= 0.6 is 0 Å². The van der Waals surface area contributed by atoms with Gasteiger partial charge in [0, 0.05) is 0 Å². The number of ether oxygens (including phenoxy) is 1. The summed E-state index contributed by atoms with van der Waals surface area (Å²) in [6.07, 6.45) is 0.731. The van der Waals surface area contributed by atoms with E-state index < -0.39 is 32.5 Å². The molecule has 126 valence electrons. The summed E-state index contributed by atoms with van der Waals surface area (Å²) in [6.45, 7) is 1.93. The average molecular weight is 350 g/mol. The molecule has 0 fully saturated rings. The minimum atomic E-state index is -4.58. The molecular formula is C16H14O7S. The second kappa shape index (κ2) is 6.81. The highest BCUT2D eigenvalue weighted by atomic mass is 32.2. The van der Waals surface area contributed by atoms with Crippen molar-refractivity contribution >= 4 is 22.1 Å². The van der Waals surface area contributed by atoms with Gasteiger partial charge in [0.25, 0.3) is 10.1 Å². The van der Waals surface area contributed by atoms with Crippen LogP contribution in [0.1, 0.15) is 33.2 Å². The number of aryl methyl sites for hydroxylation is 1. The highest BCUT2D eigenvalue weighted by Crippen LogP contribution is 2.20. The number of rotatable bonds is 5. The van der Waals surface area contributed by atoms with Crippen LogP contribution in [0.15, 0.2) is 47.4 Å². The fourth-order valence-electron chi connectivity index (χ4n) is 2.03. The molecule has 2 rings (SSSR count). The standard InChI is InChI=1S/C16H14O7S/c1-2-10-4-3-5-11(8-10)23-16(19)13-7-6-12(24(20,21)22)9-14(13)15(17)18/h3-9H,2H2,1H3,(H,17,18)(H,20,21,22). The van der Waals surface area contributed by atoms with Crippen LogP contribution < -0.4 is 4.74 Å². The molecule has 7 nitrogen and oxygen atoms in total. The first-order valence-electron chi connectivity index (χ1n) is 6.88. The summed E-state index contributed by atoms with van der Waals surface area (Å²) in [5, 5.41) is 9.17. The van der Waals surface area contributed by atoms with Gasteiger partial charge in [-0.1, -0.05) is 19.1 Å². The highest BCUT2D eigenvalue weighted by Gasteiger charge is 2.22. The third-order valence-corrected chi connectivity index (χ3v) is 4.11. The molecule has 0 saturated carbocycles. The molecule has 8 heteroatoms. The Morgan fingerprint density at radius 2 is 1.79 bits per heavy atom. The fourth-order valence-corrected chi connectivity index (χ4v) is 2.54. The summed E-state index contributed by atoms with van der Waals surface area (Å²) in [4.78, 5) is 22.9. The lowest BCUT2D eigenvalue weighted by molar-refractivity contribution is 0.0667. The third kappa shape index (κ3) is 3.98. The second-order valence-electron chi connectivity index (χ2n) is 4.88. The number of carbonyl (C=O) groups excluding carboxylic acids is 1. The molecule has 0 atom stereocenters. The minimum absolute atomic E-state index is 0.245. The van der Waals surface area contributed by atoms with Crippen molar-refractivity contribution in [1.82, 2.24) is 0 Å². The van der Waals surface area contributed by atoms with Gasteiger partial charge < -0.3 is 9.84 Å². The number of aromatic carboxylic acids is 1. The molecule has 2 aromatic rings. The van der Waals surface area contributed by atoms with Gasteiger partial charge in [0.1, 0.15) is 5.75 Å². The van der Waals surface area contributed by atoms with Crippen molar-refractivity contribution in [2.45, 2.75) is 18.2 Å². The largest absolute Gasteiger partial charge is 0.478 e. The zero-order valence-corrected chi connectivity index (χ0v) is 13.4. The molecule has 0 saturated heterocycles. The van der Waals surface area contributed by atoms with Gasteiger partial charge in [0.2, 0.25) is 0 Å². The smallest absolute Gasteiger partial charge is 0.344 e. The van der Waals surface area contributed by atoms with Crippen LogP contribution in [-0.2, 0) is 16.5 Å². The number of esters is 1. The highest BCUT2D eigenvalue weighted by molar-refractivity contribution is 7.85. The monoisotopic (exact) mass is 350 g/mol. The van der Waals surface area contributed by atoms with E-state index in [1.165, 1.54) is 0 Å². The van der Waals surface area contributed by atoms with Crippen LogP contribution in [0.3, 0.4) is 0 Å². The molecule has 0 aliphatic carbocycles. The number of carboxylic acids is 1. The molecule has 0 aromatic heterocycles. The van der Waals surface area contributed by atoms with Gasteiger partial charge >= 0.3 is 11.9 Å². The Hall–Kier alpha value is -2.71. The zero-order valence-electron chi connectivity index (χ0n) is 12.6. The van der Waals surface area contributed by atoms with E-state index in [0.717, 1.165) is 24.1 Å². The number of carboxylic acid groups (broad SMARTS) is 1. The molecule has 0 aliphatic rings. The fraction of sp³-hybridized carbons (Fsp3) is 0.125. The predicted molar refractivity (Wildman–Crippen MR) is 84.0 cm³/mol. The Labute approximate surface area is 138 Å². The molecule has 0 spiro atoms. The van der Waals surface area contributed by atoms with Crippen LogP contribution in [0.2, 0.25) is 0 Å². The van der Waals surface area contributed by atoms with Gasteiger partial charge in [0.15, 0.2) is 0 Å². The maximum atomic E-state index is 12.2. The number of benzene rings is 2. The van der Waals surface area contributed by atoms with Crippen molar-refractivity contribution in [3.05, 3.63) is 59.2 Å². The van der Waals surface area contributed by atoms with E-state index in [-0.39, 0.29) is 11.3 Å². The normalized spacial score (nSPS) is 11.1. The van der Waals surface area contributed by atoms with Crippen LogP contribution in [0.4, 0.5) is 0 Å². The number of hydrogen-bond donors (Lipinski definition) is 2. The van der Waals surface area contributed by atoms with Gasteiger partial charge in [-0.2, -0.15) is 8.42 Å². The summed E-state index contributed by atoms with van der Waals surface area (Å²) in [5.41, 5.74) is 0.0269. The average Bonchev–Trinajstić information content (AvgIpc) is 2.53. The van der Waals surface area contributed by atoms with Crippen molar-refractivity contribution in [2.24, 2.45) is 0 Å². The SMILES string of the molecule is CCc1cccc(OC(=O)c2ccc(S(=O)(=O)O)cc2C(=O)O)c1. The van der Waals surface area contributed by atoms with E-state index in [9.17, 15) is 18.0 Å². The van der Waals surface area contributed by atoms with E-state index in [1.807, 2.05) is 13.0 Å². The molecule has 2 N–H and O–H groups in total. The number of carbonyl (C=O) groups is 2. The lowest BCUT2D eigenvalue weighted by Gasteiger charge is -2.09. The Morgan fingerprint density at radius 3 is 2.38 bits per heavy atom. The maximum Gasteiger partial charge on any atom is 0.344 e. The van der Waals surface area contributed by atoms with Crippen LogP contribution in [0.5, 0.6) is 5.75 Å². The van der Waals surface area contributed by atoms with Crippen LogP contribution in [-0.4, -0.2) is 30.0 Å². The maximum absolute atomic E-state index is 12.2. The molecule has 24 heavy (non-hydrogen) atoms. The molecule has 2 aromatic carbocycles. The van der Waals surface area contributed by atoms with Crippen molar-refractivity contribution in [1.29, 1.82) is 0 Å². The number of hydrogen-bond acceptors (Lipinski definition) is 5. The first kappa shape index (κ1) is 17.6. The second-order valence-corrected chi connectivity index (χ2v) is 6.30. The first-order valence-corrected chi connectivity index (χ1v) is 8.32. The van der Waals surface area contributed by atoms with Crippen LogP contribution in [0.25, 0.3) is 0 Å². The molecule has 0 heterocycles. The Balaban J connectivity index is 2.40. The quantitative estimate of drug-likeness (QED) is 0.483. The summed E-state index contributed by atoms with van der Waals surface area (Å²) in [7, 11) is -4.58. The molecule has 0 radical (unpaired) electrons. The molecular weight excluding hydrogens is 336 g/mol. The Bertz CT molecular complexity index is 900. The Kier molecular flexibility index (Phi) is 5.01. The van der Waals surface area contributed by atoms with Gasteiger partial charge in [0.05, 0.1) is 16.0 Å². The topological polar surface area (TPSA) is 118 Å². The lowest BCUT2D eigenvalue weighted by atomic mass is 10.1. The molecule has 0 aliphatic heterocycles. The van der Waals surface area contributed by atoms with E-state index in [0.29, 0.717) is 6.07 Å². The third-order valence-electron chi connectivity index (χ3n) is 3.26. The predicted octanol–water partition coefficient (Wildman–Crippen LogP) is 2.41. The Morgan fingerprint density at radius 1 is 1.08 bits per heavy atom. The first-order chi connectivity index (χ1) is 11.2. The van der Waals surface area contributed by atoms with Gasteiger partial charge in [-0.05, 0) is 42.3 Å². The van der Waals surface area contributed by atoms with E-state index >= 15 is 0 Å². The van der Waals surface area contributed by atoms with Crippen molar-refractivity contribution in [3.8, 4) is 5.75 Å².